The van der Waals surface area contributed by atoms with Crippen LogP contribution in [0.1, 0.15) is 28.7 Å². The van der Waals surface area contributed by atoms with E-state index in [2.05, 4.69) is 53.4 Å². The number of hydrogen-bond acceptors (Lipinski definition) is 8. The molecule has 0 aliphatic carbocycles. The first-order valence-electron chi connectivity index (χ1n) is 10.2. The Bertz CT molecular complexity index is 739. The summed E-state index contributed by atoms with van der Waals surface area (Å²) in [6, 6.07) is 9.39. The largest absolute Gasteiger partial charge is 0.473 e. The van der Waals surface area contributed by atoms with Gasteiger partial charge in [-0.25, -0.2) is 15.0 Å². The molecule has 6 aromatic heterocycles. The number of rotatable bonds is 0. The first-order valence-corrected chi connectivity index (χ1v) is 10.2. The molecule has 6 aromatic rings. The summed E-state index contributed by atoms with van der Waals surface area (Å²) in [4.78, 5) is 20.2. The molecule has 0 fully saturated rings. The normalized spacial score (nSPS) is 8.63. The van der Waals surface area contributed by atoms with E-state index in [1.807, 2.05) is 55.0 Å². The minimum absolute atomic E-state index is 0. The third-order valence-electron chi connectivity index (χ3n) is 2.97. The van der Waals surface area contributed by atoms with Crippen LogP contribution < -0.4 is 0 Å². The number of aliphatic imine (C=N–C) groups is 1. The minimum atomic E-state index is 0. The van der Waals surface area contributed by atoms with E-state index in [0.717, 1.165) is 6.42 Å². The Morgan fingerprint density at radius 3 is 1.42 bits per heavy atom. The van der Waals surface area contributed by atoms with Gasteiger partial charge in [0.05, 0.1) is 31.2 Å². The van der Waals surface area contributed by atoms with Crippen LogP contribution in [0, 0.1) is 0 Å². The smallest absolute Gasteiger partial charge is 0.180 e. The van der Waals surface area contributed by atoms with Gasteiger partial charge < -0.3 is 23.2 Å². The Morgan fingerprint density at radius 1 is 0.579 bits per heavy atom. The Morgan fingerprint density at radius 2 is 1.26 bits per heavy atom. The maximum absolute atomic E-state index is 4.58. The van der Waals surface area contributed by atoms with E-state index in [1.165, 1.54) is 25.3 Å². The average molecular weight is 525 g/mol. The molecule has 0 radical (unpaired) electrons. The molecule has 0 bridgehead atoms. The van der Waals surface area contributed by atoms with Gasteiger partial charge in [-0.05, 0) is 30.3 Å². The van der Waals surface area contributed by atoms with Gasteiger partial charge in [0, 0.05) is 56.0 Å². The molecular formula is C27H40N8O3. The van der Waals surface area contributed by atoms with E-state index in [1.54, 1.807) is 62.2 Å². The number of nitrogens with one attached hydrogen (secondary N) is 3. The molecule has 1 aliphatic rings. The summed E-state index contributed by atoms with van der Waals surface area (Å²) in [5.74, 6) is 0. The van der Waals surface area contributed by atoms with Crippen LogP contribution in [0.2, 0.25) is 0 Å². The summed E-state index contributed by atoms with van der Waals surface area (Å²) < 4.78 is 13.5. The number of imidazole rings is 1. The maximum Gasteiger partial charge on any atom is 0.180 e. The summed E-state index contributed by atoms with van der Waals surface area (Å²) in [5.41, 5.74) is 0. The summed E-state index contributed by atoms with van der Waals surface area (Å²) >= 11 is 0. The van der Waals surface area contributed by atoms with Gasteiger partial charge in [-0.15, -0.1) is 0 Å². The predicted octanol–water partition coefficient (Wildman–Crippen LogP) is 7.35. The highest BCUT2D eigenvalue weighted by Crippen LogP contribution is 1.86. The van der Waals surface area contributed by atoms with Crippen LogP contribution in [0.15, 0.2) is 155 Å². The number of furan rings is 1. The van der Waals surface area contributed by atoms with Gasteiger partial charge in [0.1, 0.15) is 12.5 Å². The van der Waals surface area contributed by atoms with Crippen LogP contribution in [-0.4, -0.2) is 41.3 Å². The molecule has 0 aromatic carbocycles. The van der Waals surface area contributed by atoms with Gasteiger partial charge in [-0.3, -0.25) is 10.1 Å². The summed E-state index contributed by atoms with van der Waals surface area (Å²) in [6.07, 6.45) is 31.2. The lowest BCUT2D eigenvalue weighted by Gasteiger charge is -1.54. The summed E-state index contributed by atoms with van der Waals surface area (Å²) in [6.45, 7) is 0. The van der Waals surface area contributed by atoms with E-state index < -0.39 is 0 Å². The molecule has 206 valence electrons. The van der Waals surface area contributed by atoms with Crippen molar-refractivity contribution in [2.24, 2.45) is 4.99 Å². The Balaban J connectivity index is -0.000000371. The number of allylic oxidation sites excluding steroid dienone is 1. The molecule has 38 heavy (non-hydrogen) atoms. The molecule has 11 heteroatoms. The molecule has 1 aliphatic heterocycles. The van der Waals surface area contributed by atoms with Crippen molar-refractivity contribution in [3.05, 3.63) is 136 Å². The lowest BCUT2D eigenvalue weighted by atomic mass is 10.5. The van der Waals surface area contributed by atoms with Gasteiger partial charge in [-0.1, -0.05) is 28.4 Å². The molecule has 0 amide bonds. The fourth-order valence-corrected chi connectivity index (χ4v) is 1.59. The first-order chi connectivity index (χ1) is 17.5. The second-order valence-corrected chi connectivity index (χ2v) is 5.51. The highest BCUT2D eigenvalue weighted by atomic mass is 16.3. The number of aromatic nitrogens is 7. The maximum atomic E-state index is 4.58. The first kappa shape index (κ1) is 37.4. The van der Waals surface area contributed by atoms with Crippen molar-refractivity contribution in [1.82, 2.24) is 35.1 Å². The zero-order valence-electron chi connectivity index (χ0n) is 18.9. The van der Waals surface area contributed by atoms with Gasteiger partial charge in [0.15, 0.2) is 12.8 Å². The number of aromatic amines is 3. The monoisotopic (exact) mass is 524 g/mol. The predicted molar refractivity (Wildman–Crippen MR) is 152 cm³/mol. The molecule has 0 unspecified atom stereocenters. The van der Waals surface area contributed by atoms with Crippen molar-refractivity contribution in [2.75, 3.05) is 0 Å². The van der Waals surface area contributed by atoms with Gasteiger partial charge >= 0.3 is 0 Å². The minimum Gasteiger partial charge on any atom is -0.473 e. The number of H-pyrrole nitrogens is 3. The van der Waals surface area contributed by atoms with E-state index in [4.69, 9.17) is 0 Å². The molecule has 7 heterocycles. The van der Waals surface area contributed by atoms with Crippen molar-refractivity contribution in [3.63, 3.8) is 0 Å². The van der Waals surface area contributed by atoms with Crippen LogP contribution in [0.5, 0.6) is 0 Å². The Kier molecular flexibility index (Phi) is 33.4. The van der Waals surface area contributed by atoms with Crippen molar-refractivity contribution < 1.29 is 13.3 Å². The SMILES string of the molecule is C.C.C.C1=CN=CC1.c1c[nH]cn1.c1cc[nH]c1.c1ccoc1.c1cn[nH]c1.c1cocn1.c1cocn1. The molecule has 11 nitrogen and oxygen atoms in total. The molecule has 0 saturated heterocycles. The van der Waals surface area contributed by atoms with Crippen molar-refractivity contribution >= 4 is 6.21 Å². The quantitative estimate of drug-likeness (QED) is 0.188. The van der Waals surface area contributed by atoms with Gasteiger partial charge in [0.25, 0.3) is 0 Å². The highest BCUT2D eigenvalue weighted by molar-refractivity contribution is 5.62. The van der Waals surface area contributed by atoms with E-state index in [0.29, 0.717) is 0 Å². The van der Waals surface area contributed by atoms with Crippen LogP contribution in [0.4, 0.5) is 0 Å². The zero-order chi connectivity index (χ0) is 24.7. The molecule has 7 rings (SSSR count). The second kappa shape index (κ2) is 34.0. The summed E-state index contributed by atoms with van der Waals surface area (Å²) in [5, 5.41) is 6.21. The van der Waals surface area contributed by atoms with E-state index in [-0.39, 0.29) is 22.3 Å². The third-order valence-corrected chi connectivity index (χ3v) is 2.97. The number of nitrogens with zero attached hydrogens (tertiary/aromatic N) is 5. The third kappa shape index (κ3) is 30.8. The van der Waals surface area contributed by atoms with E-state index in [9.17, 15) is 0 Å². The van der Waals surface area contributed by atoms with Crippen molar-refractivity contribution in [3.8, 4) is 0 Å². The van der Waals surface area contributed by atoms with E-state index >= 15 is 0 Å². The fraction of sp³-hybridized carbons (Fsp3) is 0.148. The van der Waals surface area contributed by atoms with Crippen molar-refractivity contribution in [2.45, 2.75) is 28.7 Å². The molecule has 3 N–H and O–H groups in total. The Hall–Kier alpha value is -5.19. The topological polar surface area (TPSA) is 151 Å². The number of hydrogen-bond donors (Lipinski definition) is 3. The second-order valence-electron chi connectivity index (χ2n) is 5.51. The fourth-order valence-electron chi connectivity index (χ4n) is 1.59. The zero-order valence-corrected chi connectivity index (χ0v) is 18.9. The lowest BCUT2D eigenvalue weighted by Crippen LogP contribution is -1.53. The molecule has 0 spiro atoms. The average Bonchev–Trinajstić information content (AvgIpc) is 3.81. The summed E-state index contributed by atoms with van der Waals surface area (Å²) in [7, 11) is 0. The highest BCUT2D eigenvalue weighted by Gasteiger charge is 1.73. The van der Waals surface area contributed by atoms with Crippen molar-refractivity contribution in [1.29, 1.82) is 0 Å². The Labute approximate surface area is 224 Å². The molecule has 0 atom stereocenters. The molecular weight excluding hydrogens is 484 g/mol. The molecule has 0 saturated carbocycles. The standard InChI is InChI=1S/2C4H5N.C4H4O.2C3H4N2.2C3H3NO.3CH4/c3*1-2-4-5-3-1;1-2-5-3-4-1;1-2-4-5-3-1;2*1-2-5-3-4-1;;;/h1,3-4H,2H2;1-5H;1-4H;2*1-3H,(H,4,5);2*1-3H;3*1H4. The lowest BCUT2D eigenvalue weighted by molar-refractivity contribution is 0.557. The van der Waals surface area contributed by atoms with Gasteiger partial charge in [0.2, 0.25) is 0 Å². The van der Waals surface area contributed by atoms with Gasteiger partial charge in [-0.2, -0.15) is 5.10 Å². The van der Waals surface area contributed by atoms with Crippen LogP contribution in [0.25, 0.3) is 0 Å². The van der Waals surface area contributed by atoms with Crippen LogP contribution in [-0.2, 0) is 0 Å². The number of oxazole rings is 2. The van der Waals surface area contributed by atoms with Crippen LogP contribution >= 0.6 is 0 Å². The van der Waals surface area contributed by atoms with Crippen LogP contribution in [0.3, 0.4) is 0 Å².